The highest BCUT2D eigenvalue weighted by Gasteiger charge is 2.18. The Morgan fingerprint density at radius 3 is 1.18 bits per heavy atom. The fraction of sp³-hybridized carbons (Fsp3) is 0.809. The number of imidazole rings is 1. The number of aromatic nitrogens is 2. The Morgan fingerprint density at radius 2 is 0.804 bits per heavy atom. The molecular formula is C47H85AlN2O. The van der Waals surface area contributed by atoms with Gasteiger partial charge in [0.1, 0.15) is 5.82 Å². The SMILES string of the molecule is CCCCCCCCCCCCCCCCCc1nc(-c2ccc([O][Al]([CH2]C)[CH2]C)cc2)[nH]c1CCCCCCCCCCCCCCCCC. The number of aryl methyl sites for hydroxylation is 2. The third kappa shape index (κ3) is 23.9. The highest BCUT2D eigenvalue weighted by molar-refractivity contribution is 6.52. The normalized spacial score (nSPS) is 11.5. The molecule has 0 radical (unpaired) electrons. The summed E-state index contributed by atoms with van der Waals surface area (Å²) in [5.41, 5.74) is 3.92. The second-order valence-electron chi connectivity index (χ2n) is 16.0. The van der Waals surface area contributed by atoms with Crippen LogP contribution in [0.3, 0.4) is 0 Å². The van der Waals surface area contributed by atoms with Gasteiger partial charge in [0.15, 0.2) is 0 Å². The number of unbranched alkanes of at least 4 members (excludes halogenated alkanes) is 28. The zero-order valence-electron chi connectivity index (χ0n) is 34.8. The molecule has 1 heterocycles. The van der Waals surface area contributed by atoms with E-state index in [1.807, 2.05) is 0 Å². The van der Waals surface area contributed by atoms with Crippen LogP contribution in [0, 0.1) is 0 Å². The van der Waals surface area contributed by atoms with Crippen LogP contribution in [0.1, 0.15) is 232 Å². The van der Waals surface area contributed by atoms with Gasteiger partial charge in [-0.3, -0.25) is 0 Å². The van der Waals surface area contributed by atoms with Crippen molar-refractivity contribution in [3.05, 3.63) is 35.7 Å². The molecule has 4 heteroatoms. The lowest BCUT2D eigenvalue weighted by Crippen LogP contribution is -2.18. The summed E-state index contributed by atoms with van der Waals surface area (Å²) < 4.78 is 6.32. The first-order valence-electron chi connectivity index (χ1n) is 23.1. The van der Waals surface area contributed by atoms with Crippen molar-refractivity contribution in [2.24, 2.45) is 0 Å². The minimum atomic E-state index is -1.11. The monoisotopic (exact) mass is 721 g/mol. The number of nitrogens with one attached hydrogen (secondary N) is 1. The van der Waals surface area contributed by atoms with Crippen LogP contribution >= 0.6 is 0 Å². The summed E-state index contributed by atoms with van der Waals surface area (Å²) in [5, 5.41) is 2.36. The molecule has 0 unspecified atom stereocenters. The van der Waals surface area contributed by atoms with E-state index in [0.717, 1.165) is 24.4 Å². The van der Waals surface area contributed by atoms with Gasteiger partial charge in [-0.1, -0.05) is 218 Å². The maximum absolute atomic E-state index is 6.32. The zero-order chi connectivity index (χ0) is 36.5. The molecule has 0 aliphatic rings. The second kappa shape index (κ2) is 33.3. The van der Waals surface area contributed by atoms with Crippen LogP contribution in [-0.2, 0) is 12.8 Å². The lowest BCUT2D eigenvalue weighted by atomic mass is 10.0. The Balaban J connectivity index is 1.69. The van der Waals surface area contributed by atoms with Gasteiger partial charge in [0.2, 0.25) is 0 Å². The number of H-pyrrole nitrogens is 1. The van der Waals surface area contributed by atoms with Crippen LogP contribution in [0.5, 0.6) is 5.75 Å². The molecule has 0 saturated heterocycles. The van der Waals surface area contributed by atoms with Crippen molar-refractivity contribution in [2.75, 3.05) is 0 Å². The van der Waals surface area contributed by atoms with Crippen LogP contribution in [0.2, 0.25) is 10.6 Å². The van der Waals surface area contributed by atoms with Gasteiger partial charge in [-0.2, -0.15) is 0 Å². The van der Waals surface area contributed by atoms with E-state index in [1.165, 1.54) is 220 Å². The second-order valence-corrected chi connectivity index (χ2v) is 19.1. The Hall–Kier alpha value is -1.24. The van der Waals surface area contributed by atoms with Crippen LogP contribution in [-0.4, -0.2) is 24.5 Å². The molecule has 292 valence electrons. The molecule has 3 nitrogen and oxygen atoms in total. The number of aromatic amines is 1. The number of hydrogen-bond acceptors (Lipinski definition) is 2. The van der Waals surface area contributed by atoms with E-state index in [1.54, 1.807) is 0 Å². The number of nitrogens with zero attached hydrogens (tertiary/aromatic N) is 1. The van der Waals surface area contributed by atoms with E-state index in [4.69, 9.17) is 8.77 Å². The number of hydrogen-bond donors (Lipinski definition) is 1. The quantitative estimate of drug-likeness (QED) is 0.0557. The van der Waals surface area contributed by atoms with Crippen molar-refractivity contribution in [3.63, 3.8) is 0 Å². The van der Waals surface area contributed by atoms with Gasteiger partial charge < -0.3 is 8.77 Å². The van der Waals surface area contributed by atoms with Crippen molar-refractivity contribution in [2.45, 2.75) is 244 Å². The molecule has 2 rings (SSSR count). The van der Waals surface area contributed by atoms with Crippen LogP contribution < -0.4 is 3.79 Å². The molecule has 51 heavy (non-hydrogen) atoms. The first-order valence-corrected chi connectivity index (χ1v) is 25.2. The van der Waals surface area contributed by atoms with Crippen molar-refractivity contribution >= 4 is 14.5 Å². The van der Waals surface area contributed by atoms with E-state index < -0.39 is 14.5 Å². The lowest BCUT2D eigenvalue weighted by molar-refractivity contribution is 0.530. The molecule has 0 aliphatic carbocycles. The summed E-state index contributed by atoms with van der Waals surface area (Å²) >= 11 is -1.11. The molecule has 0 aliphatic heterocycles. The Morgan fingerprint density at radius 1 is 0.451 bits per heavy atom. The predicted octanol–water partition coefficient (Wildman–Crippen LogP) is 16.3. The molecule has 1 N–H and O–H groups in total. The smallest absolute Gasteiger partial charge is 0.546 e. The van der Waals surface area contributed by atoms with Crippen LogP contribution in [0.15, 0.2) is 24.3 Å². The van der Waals surface area contributed by atoms with Crippen molar-refractivity contribution < 1.29 is 3.79 Å². The van der Waals surface area contributed by atoms with Crippen molar-refractivity contribution in [1.29, 1.82) is 0 Å². The van der Waals surface area contributed by atoms with Crippen molar-refractivity contribution in [1.82, 2.24) is 9.97 Å². The molecule has 0 saturated carbocycles. The van der Waals surface area contributed by atoms with E-state index in [2.05, 4.69) is 56.9 Å². The molecule has 0 amide bonds. The largest absolute Gasteiger partial charge is 0.643 e. The highest BCUT2D eigenvalue weighted by Crippen LogP contribution is 2.25. The summed E-state index contributed by atoms with van der Waals surface area (Å²) in [7, 11) is 0. The maximum Gasteiger partial charge on any atom is 0.546 e. The number of rotatable bonds is 37. The van der Waals surface area contributed by atoms with Gasteiger partial charge in [-0.25, -0.2) is 4.98 Å². The van der Waals surface area contributed by atoms with Gasteiger partial charge in [0.05, 0.1) is 11.4 Å². The Labute approximate surface area is 323 Å². The average molecular weight is 721 g/mol. The molecule has 0 bridgehead atoms. The van der Waals surface area contributed by atoms with E-state index in [0.29, 0.717) is 0 Å². The number of benzene rings is 1. The minimum absolute atomic E-state index is 1.03. The zero-order valence-corrected chi connectivity index (χ0v) is 35.9. The maximum atomic E-state index is 6.32. The van der Waals surface area contributed by atoms with Gasteiger partial charge in [0.25, 0.3) is 0 Å². The van der Waals surface area contributed by atoms with Gasteiger partial charge in [-0.15, -0.1) is 0 Å². The minimum Gasteiger partial charge on any atom is -0.643 e. The fourth-order valence-electron chi connectivity index (χ4n) is 7.67. The van der Waals surface area contributed by atoms with E-state index in [9.17, 15) is 0 Å². The molecule has 2 aromatic rings. The molecule has 0 spiro atoms. The summed E-state index contributed by atoms with van der Waals surface area (Å²) in [6.45, 7) is 9.14. The van der Waals surface area contributed by atoms with Gasteiger partial charge in [0, 0.05) is 11.3 Å². The molecular weight excluding hydrogens is 636 g/mol. The third-order valence-corrected chi connectivity index (χ3v) is 13.7. The van der Waals surface area contributed by atoms with Crippen molar-refractivity contribution in [3.8, 4) is 17.1 Å². The lowest BCUT2D eigenvalue weighted by Gasteiger charge is -2.12. The standard InChI is InChI=1S/C43H76N2O.2C2H5.Al/c1-3-5-7-9-11-13-15-17-19-21-23-25-27-29-31-33-41-42(45-43(44-41)39-35-37-40(46)38-36-39)34-32-30-28-26-24-22-20-18-16-14-12-10-8-6-4-2;2*1-2;/h35-38,46H,3-34H2,1-2H3,(H,44,45);2*1H2,2H3;/q;;;+1/p-1. The molecule has 0 atom stereocenters. The average Bonchev–Trinajstić information content (AvgIpc) is 3.56. The molecule has 1 aromatic heterocycles. The van der Waals surface area contributed by atoms with Gasteiger partial charge in [-0.05, 0) is 49.9 Å². The Kier molecular flexibility index (Phi) is 30.0. The first-order chi connectivity index (χ1) is 25.2. The fourth-order valence-corrected chi connectivity index (χ4v) is 9.12. The predicted molar refractivity (Wildman–Crippen MR) is 229 cm³/mol. The summed E-state index contributed by atoms with van der Waals surface area (Å²) in [5.74, 6) is 2.08. The summed E-state index contributed by atoms with van der Waals surface area (Å²) in [4.78, 5) is 9.00. The molecule has 1 aromatic carbocycles. The van der Waals surface area contributed by atoms with E-state index >= 15 is 0 Å². The van der Waals surface area contributed by atoms with Gasteiger partial charge >= 0.3 is 14.5 Å². The highest BCUT2D eigenvalue weighted by atomic mass is 27.2. The van der Waals surface area contributed by atoms with Crippen LogP contribution in [0.25, 0.3) is 11.4 Å². The Bertz CT molecular complexity index is 962. The first kappa shape index (κ1) is 45.9. The topological polar surface area (TPSA) is 37.9 Å². The summed E-state index contributed by atoms with van der Waals surface area (Å²) in [6, 6.07) is 8.73. The van der Waals surface area contributed by atoms with Crippen LogP contribution in [0.4, 0.5) is 0 Å². The third-order valence-electron chi connectivity index (χ3n) is 11.3. The molecule has 0 fully saturated rings. The van der Waals surface area contributed by atoms with E-state index in [-0.39, 0.29) is 0 Å². The summed E-state index contributed by atoms with van der Waals surface area (Å²) in [6.07, 6.45) is 44.7.